The fourth-order valence-corrected chi connectivity index (χ4v) is 2.96. The summed E-state index contributed by atoms with van der Waals surface area (Å²) in [5.74, 6) is -0.0578. The number of sulfone groups is 1. The van der Waals surface area contributed by atoms with E-state index in [4.69, 9.17) is 4.74 Å². The Bertz CT molecular complexity index is 723. The maximum absolute atomic E-state index is 12.0. The molecule has 20 heavy (non-hydrogen) atoms. The Morgan fingerprint density at radius 3 is 2.85 bits per heavy atom. The topological polar surface area (TPSA) is 56.3 Å². The van der Waals surface area contributed by atoms with Gasteiger partial charge in [-0.1, -0.05) is 18.2 Å². The maximum Gasteiger partial charge on any atom is 0.175 e. The summed E-state index contributed by atoms with van der Waals surface area (Å²) in [5.41, 5.74) is 1.54. The third-order valence-electron chi connectivity index (χ3n) is 2.94. The molecule has 4 nitrogen and oxygen atoms in total. The molecule has 1 aromatic carbocycles. The van der Waals surface area contributed by atoms with Crippen LogP contribution in [0.25, 0.3) is 10.9 Å². The normalized spacial score (nSPS) is 13.9. The number of benzene rings is 1. The van der Waals surface area contributed by atoms with E-state index in [0.29, 0.717) is 5.56 Å². The Morgan fingerprint density at radius 2 is 2.10 bits per heavy atom. The summed E-state index contributed by atoms with van der Waals surface area (Å²) < 4.78 is 29.0. The lowest BCUT2D eigenvalue weighted by Crippen LogP contribution is -2.04. The average Bonchev–Trinajstić information content (AvgIpc) is 2.44. The molecule has 106 valence electrons. The largest absolute Gasteiger partial charge is 0.378 e. The Labute approximate surface area is 119 Å². The minimum Gasteiger partial charge on any atom is -0.378 e. The predicted molar refractivity (Wildman–Crippen MR) is 80.0 cm³/mol. The second kappa shape index (κ2) is 6.15. The lowest BCUT2D eigenvalue weighted by Gasteiger charge is -2.04. The molecular weight excluding hydrogens is 274 g/mol. The van der Waals surface area contributed by atoms with Crippen LogP contribution in [0.4, 0.5) is 0 Å². The zero-order chi connectivity index (χ0) is 14.6. The second-order valence-corrected chi connectivity index (χ2v) is 6.50. The van der Waals surface area contributed by atoms with Crippen LogP contribution >= 0.6 is 0 Å². The summed E-state index contributed by atoms with van der Waals surface area (Å²) in [6.45, 7) is 1.78. The molecule has 0 saturated carbocycles. The van der Waals surface area contributed by atoms with Crippen molar-refractivity contribution in [3.63, 3.8) is 0 Å². The summed E-state index contributed by atoms with van der Waals surface area (Å²) in [6, 6.07) is 9.48. The highest BCUT2D eigenvalue weighted by molar-refractivity contribution is 7.93. The van der Waals surface area contributed by atoms with Gasteiger partial charge in [0.25, 0.3) is 0 Å². The Morgan fingerprint density at radius 1 is 1.35 bits per heavy atom. The molecule has 0 bridgehead atoms. The van der Waals surface area contributed by atoms with Gasteiger partial charge in [-0.2, -0.15) is 0 Å². The summed E-state index contributed by atoms with van der Waals surface area (Å²) in [7, 11) is -1.77. The molecule has 5 heteroatoms. The third-order valence-corrected chi connectivity index (χ3v) is 4.25. The van der Waals surface area contributed by atoms with Gasteiger partial charge in [-0.3, -0.25) is 4.98 Å². The Hall–Kier alpha value is -1.72. The predicted octanol–water partition coefficient (Wildman–Crippen LogP) is 2.70. The number of aromatic nitrogens is 1. The quantitative estimate of drug-likeness (QED) is 0.850. The van der Waals surface area contributed by atoms with Gasteiger partial charge in [0.05, 0.1) is 17.4 Å². The van der Waals surface area contributed by atoms with E-state index in [1.807, 2.05) is 30.3 Å². The van der Waals surface area contributed by atoms with Gasteiger partial charge in [0, 0.05) is 24.1 Å². The third kappa shape index (κ3) is 3.88. The molecule has 0 radical (unpaired) electrons. The number of hydrogen-bond acceptors (Lipinski definition) is 4. The molecule has 1 aromatic heterocycles. The first-order chi connectivity index (χ1) is 9.50. The number of rotatable bonds is 5. The molecule has 0 saturated heterocycles. The highest BCUT2D eigenvalue weighted by Crippen LogP contribution is 2.15. The zero-order valence-electron chi connectivity index (χ0n) is 11.5. The SMILES string of the molecule is COC(C)/C=C\S(=O)(=O)Cc1cnc2ccccc2c1. The standard InChI is InChI=1S/C15H17NO3S/c1-12(19-2)7-8-20(17,18)11-13-9-14-5-3-4-6-15(14)16-10-13/h3-10,12H,11H2,1-2H3/b8-7-. The van der Waals surface area contributed by atoms with E-state index in [-0.39, 0.29) is 11.9 Å². The number of ether oxygens (including phenoxy) is 1. The van der Waals surface area contributed by atoms with Crippen molar-refractivity contribution in [3.8, 4) is 0 Å². The molecular formula is C15H17NO3S. The highest BCUT2D eigenvalue weighted by Gasteiger charge is 2.09. The number of hydrogen-bond donors (Lipinski definition) is 0. The Kier molecular flexibility index (Phi) is 4.52. The molecule has 1 atom stereocenters. The van der Waals surface area contributed by atoms with E-state index in [2.05, 4.69) is 4.98 Å². The molecule has 0 aliphatic carbocycles. The first-order valence-electron chi connectivity index (χ1n) is 6.27. The minimum absolute atomic E-state index is 0.0578. The van der Waals surface area contributed by atoms with Crippen LogP contribution in [0.1, 0.15) is 12.5 Å². The van der Waals surface area contributed by atoms with E-state index in [1.165, 1.54) is 18.6 Å². The van der Waals surface area contributed by atoms with Crippen molar-refractivity contribution < 1.29 is 13.2 Å². The monoisotopic (exact) mass is 291 g/mol. The van der Waals surface area contributed by atoms with Crippen LogP contribution in [-0.4, -0.2) is 26.6 Å². The molecule has 2 aromatic rings. The van der Waals surface area contributed by atoms with Crippen LogP contribution in [0.15, 0.2) is 48.0 Å². The molecule has 0 N–H and O–H groups in total. The van der Waals surface area contributed by atoms with Crippen molar-refractivity contribution in [3.05, 3.63) is 53.6 Å². The van der Waals surface area contributed by atoms with Gasteiger partial charge >= 0.3 is 0 Å². The fraction of sp³-hybridized carbons (Fsp3) is 0.267. The fourth-order valence-electron chi connectivity index (χ4n) is 1.78. The van der Waals surface area contributed by atoms with Crippen LogP contribution < -0.4 is 0 Å². The first-order valence-corrected chi connectivity index (χ1v) is 7.99. The van der Waals surface area contributed by atoms with Crippen LogP contribution in [-0.2, 0) is 20.3 Å². The smallest absolute Gasteiger partial charge is 0.175 e. The van der Waals surface area contributed by atoms with Crippen molar-refractivity contribution in [2.45, 2.75) is 18.8 Å². The summed E-state index contributed by atoms with van der Waals surface area (Å²) in [4.78, 5) is 4.26. The van der Waals surface area contributed by atoms with Crippen molar-refractivity contribution in [1.29, 1.82) is 0 Å². The maximum atomic E-state index is 12.0. The summed E-state index contributed by atoms with van der Waals surface area (Å²) in [6.07, 6.45) is 2.91. The van der Waals surface area contributed by atoms with E-state index >= 15 is 0 Å². The molecule has 0 aliphatic heterocycles. The molecule has 1 unspecified atom stereocenters. The summed E-state index contributed by atoms with van der Waals surface area (Å²) in [5, 5.41) is 2.14. The summed E-state index contributed by atoms with van der Waals surface area (Å²) >= 11 is 0. The number of fused-ring (bicyclic) bond motifs is 1. The zero-order valence-corrected chi connectivity index (χ0v) is 12.3. The average molecular weight is 291 g/mol. The van der Waals surface area contributed by atoms with Gasteiger partial charge < -0.3 is 4.74 Å². The second-order valence-electron chi connectivity index (χ2n) is 4.61. The van der Waals surface area contributed by atoms with Crippen LogP contribution in [0.5, 0.6) is 0 Å². The van der Waals surface area contributed by atoms with Crippen molar-refractivity contribution >= 4 is 20.7 Å². The van der Waals surface area contributed by atoms with E-state index in [1.54, 1.807) is 13.1 Å². The highest BCUT2D eigenvalue weighted by atomic mass is 32.2. The van der Waals surface area contributed by atoms with Crippen molar-refractivity contribution in [2.75, 3.05) is 7.11 Å². The molecule has 0 fully saturated rings. The molecule has 0 spiro atoms. The van der Waals surface area contributed by atoms with Crippen LogP contribution in [0.2, 0.25) is 0 Å². The van der Waals surface area contributed by atoms with E-state index in [9.17, 15) is 8.42 Å². The minimum atomic E-state index is -3.31. The van der Waals surface area contributed by atoms with Crippen LogP contribution in [0, 0.1) is 0 Å². The first kappa shape index (κ1) is 14.7. The van der Waals surface area contributed by atoms with Crippen molar-refractivity contribution in [2.24, 2.45) is 0 Å². The van der Waals surface area contributed by atoms with E-state index in [0.717, 1.165) is 10.9 Å². The van der Waals surface area contributed by atoms with Crippen molar-refractivity contribution in [1.82, 2.24) is 4.98 Å². The van der Waals surface area contributed by atoms with Gasteiger partial charge in [-0.15, -0.1) is 0 Å². The lowest BCUT2D eigenvalue weighted by atomic mass is 10.2. The number of nitrogens with zero attached hydrogens (tertiary/aromatic N) is 1. The lowest BCUT2D eigenvalue weighted by molar-refractivity contribution is 0.156. The van der Waals surface area contributed by atoms with Crippen LogP contribution in [0.3, 0.4) is 0 Å². The van der Waals surface area contributed by atoms with Gasteiger partial charge in [0.2, 0.25) is 0 Å². The van der Waals surface area contributed by atoms with Gasteiger partial charge in [0.15, 0.2) is 9.84 Å². The number of para-hydroxylation sites is 1. The number of methoxy groups -OCH3 is 1. The van der Waals surface area contributed by atoms with Gasteiger partial charge in [-0.05, 0) is 30.7 Å². The number of pyridine rings is 1. The molecule has 1 heterocycles. The van der Waals surface area contributed by atoms with E-state index < -0.39 is 9.84 Å². The molecule has 0 amide bonds. The molecule has 0 aliphatic rings. The molecule has 2 rings (SSSR count). The van der Waals surface area contributed by atoms with Gasteiger partial charge in [-0.25, -0.2) is 8.42 Å². The van der Waals surface area contributed by atoms with Gasteiger partial charge in [0.1, 0.15) is 0 Å². The Balaban J connectivity index is 2.21.